The minimum Gasteiger partial charge on any atom is -0.490 e. The Balaban J connectivity index is 0.858. The number of carbonyl (C=O) groups is 5. The second kappa shape index (κ2) is 20.4. The molecule has 21 heteroatoms. The predicted molar refractivity (Wildman–Crippen MR) is 229 cm³/mol. The highest BCUT2D eigenvalue weighted by atomic mass is 127. The Hall–Kier alpha value is -5.75. The van der Waals surface area contributed by atoms with Crippen LogP contribution in [-0.2, 0) is 40.9 Å². The van der Waals surface area contributed by atoms with Crippen LogP contribution in [0.4, 0.5) is 21.6 Å². The lowest BCUT2D eigenvalue weighted by molar-refractivity contribution is -0.136. The quantitative estimate of drug-likeness (QED) is 0.0567. The number of hydrogen-bond acceptors (Lipinski definition) is 13. The predicted octanol–water partition coefficient (Wildman–Crippen LogP) is 3.24. The minimum absolute atomic E-state index is 0.0156. The lowest BCUT2D eigenvalue weighted by Gasteiger charge is -2.27. The SMILES string of the molecule is Cc1cc(NS(=O)(=O)c2ccc(C(=O)NCCOCCOCCOCCOc3cccc4c3C(=O)N(C3CCC(=O)NC3=O)C4=O)cc2)c(Nc2ccc(I)cc2F)n(C)c1=O. The Morgan fingerprint density at radius 3 is 2.23 bits per heavy atom. The number of amides is 5. The molecule has 0 radical (unpaired) electrons. The molecule has 2 aliphatic rings. The first-order valence-corrected chi connectivity index (χ1v) is 21.8. The van der Waals surface area contributed by atoms with Gasteiger partial charge in [0.25, 0.3) is 33.3 Å². The van der Waals surface area contributed by atoms with E-state index >= 15 is 0 Å². The highest BCUT2D eigenvalue weighted by Gasteiger charge is 2.46. The number of aryl methyl sites for hydroxylation is 1. The van der Waals surface area contributed by atoms with E-state index in [0.717, 1.165) is 4.90 Å². The molecule has 62 heavy (non-hydrogen) atoms. The molecule has 3 heterocycles. The fourth-order valence-electron chi connectivity index (χ4n) is 6.53. The van der Waals surface area contributed by atoms with Gasteiger partial charge in [-0.05, 0) is 96.6 Å². The van der Waals surface area contributed by atoms with Gasteiger partial charge in [-0.2, -0.15) is 0 Å². The van der Waals surface area contributed by atoms with Gasteiger partial charge in [0.05, 0.1) is 67.0 Å². The molecule has 0 bridgehead atoms. The van der Waals surface area contributed by atoms with E-state index < -0.39 is 57.0 Å². The van der Waals surface area contributed by atoms with Crippen molar-refractivity contribution >= 4 is 79.3 Å². The van der Waals surface area contributed by atoms with Crippen LogP contribution in [0.3, 0.4) is 0 Å². The second-order valence-corrected chi connectivity index (χ2v) is 16.8. The van der Waals surface area contributed by atoms with Crippen molar-refractivity contribution in [2.45, 2.75) is 30.7 Å². The molecule has 1 saturated heterocycles. The van der Waals surface area contributed by atoms with Gasteiger partial charge < -0.3 is 29.6 Å². The molecule has 3 aromatic carbocycles. The van der Waals surface area contributed by atoms with Crippen LogP contribution in [0.1, 0.15) is 49.5 Å². The Morgan fingerprint density at radius 1 is 0.871 bits per heavy atom. The first-order valence-electron chi connectivity index (χ1n) is 19.2. The van der Waals surface area contributed by atoms with Gasteiger partial charge in [0.2, 0.25) is 11.8 Å². The molecule has 328 valence electrons. The molecule has 5 amide bonds. The summed E-state index contributed by atoms with van der Waals surface area (Å²) in [5.41, 5.74) is 0.290. The number of hydrogen-bond donors (Lipinski definition) is 4. The summed E-state index contributed by atoms with van der Waals surface area (Å²) >= 11 is 1.96. The van der Waals surface area contributed by atoms with Crippen molar-refractivity contribution in [3.63, 3.8) is 0 Å². The van der Waals surface area contributed by atoms with E-state index in [2.05, 4.69) is 20.7 Å². The number of anilines is 3. The van der Waals surface area contributed by atoms with Crippen molar-refractivity contribution in [3.05, 3.63) is 109 Å². The molecular weight excluding hydrogens is 946 g/mol. The smallest absolute Gasteiger partial charge is 0.266 e. The maximum Gasteiger partial charge on any atom is 0.266 e. The summed E-state index contributed by atoms with van der Waals surface area (Å²) in [5.74, 6) is -3.27. The van der Waals surface area contributed by atoms with Crippen molar-refractivity contribution in [1.82, 2.24) is 20.1 Å². The van der Waals surface area contributed by atoms with Crippen molar-refractivity contribution in [3.8, 4) is 5.75 Å². The number of imide groups is 2. The average molecular weight is 989 g/mol. The summed E-state index contributed by atoms with van der Waals surface area (Å²) in [5, 5.41) is 7.68. The van der Waals surface area contributed by atoms with Crippen LogP contribution in [0, 0.1) is 16.3 Å². The molecule has 0 saturated carbocycles. The van der Waals surface area contributed by atoms with Gasteiger partial charge in [0.15, 0.2) is 0 Å². The van der Waals surface area contributed by atoms with Gasteiger partial charge in [-0.15, -0.1) is 0 Å². The number of ether oxygens (including phenoxy) is 4. The first kappa shape index (κ1) is 45.8. The molecule has 0 spiro atoms. The third kappa shape index (κ3) is 10.8. The van der Waals surface area contributed by atoms with Gasteiger partial charge in [0.1, 0.15) is 30.0 Å². The molecule has 4 N–H and O–H groups in total. The third-order valence-corrected chi connectivity index (χ3v) is 11.7. The Kier molecular flexibility index (Phi) is 15.1. The molecule has 0 aliphatic carbocycles. The number of fused-ring (bicyclic) bond motifs is 1. The molecule has 4 aromatic rings. The Bertz CT molecular complexity index is 2550. The molecule has 1 atom stereocenters. The van der Waals surface area contributed by atoms with E-state index in [9.17, 15) is 41.6 Å². The molecule has 1 unspecified atom stereocenters. The van der Waals surface area contributed by atoms with Crippen LogP contribution >= 0.6 is 22.6 Å². The van der Waals surface area contributed by atoms with Gasteiger partial charge in [-0.3, -0.25) is 48.3 Å². The fraction of sp³-hybridized carbons (Fsp3) is 0.317. The van der Waals surface area contributed by atoms with Crippen LogP contribution < -0.4 is 31.0 Å². The number of carbonyl (C=O) groups excluding carboxylic acids is 5. The van der Waals surface area contributed by atoms with Crippen molar-refractivity contribution < 1.29 is 55.7 Å². The topological polar surface area (TPSA) is 230 Å². The summed E-state index contributed by atoms with van der Waals surface area (Å²) < 4.78 is 68.0. The number of benzene rings is 3. The number of nitrogens with zero attached hydrogens (tertiary/aromatic N) is 2. The van der Waals surface area contributed by atoms with E-state index in [0.29, 0.717) is 3.57 Å². The third-order valence-electron chi connectivity index (χ3n) is 9.64. The van der Waals surface area contributed by atoms with E-state index in [4.69, 9.17) is 18.9 Å². The second-order valence-electron chi connectivity index (χ2n) is 13.9. The molecular formula is C41H42FIN6O12S. The van der Waals surface area contributed by atoms with E-state index in [1.807, 2.05) is 22.6 Å². The van der Waals surface area contributed by atoms with Crippen molar-refractivity contribution in [2.24, 2.45) is 7.05 Å². The first-order chi connectivity index (χ1) is 29.7. The largest absolute Gasteiger partial charge is 0.490 e. The molecule has 1 aromatic heterocycles. The normalized spacial score (nSPS) is 15.0. The van der Waals surface area contributed by atoms with Gasteiger partial charge in [-0.1, -0.05) is 6.07 Å². The molecule has 2 aliphatic heterocycles. The zero-order valence-electron chi connectivity index (χ0n) is 33.5. The van der Waals surface area contributed by atoms with E-state index in [1.165, 1.54) is 67.1 Å². The van der Waals surface area contributed by atoms with E-state index in [1.54, 1.807) is 18.2 Å². The summed E-state index contributed by atoms with van der Waals surface area (Å²) in [6, 6.07) is 14.6. The highest BCUT2D eigenvalue weighted by molar-refractivity contribution is 14.1. The highest BCUT2D eigenvalue weighted by Crippen LogP contribution is 2.34. The molecule has 6 rings (SSSR count). The zero-order chi connectivity index (χ0) is 44.6. The standard InChI is InChI=1S/C41H42FIN6O12S/c1-24-22-31(36(48(2)39(24)53)45-30-11-8-26(43)23-29(30)42)47-62(56,57)27-9-6-25(7-10-27)37(51)44-14-15-58-16-17-59-18-19-60-20-21-61-33-5-3-4-28-35(33)41(55)49(40(28)54)32-12-13-34(50)46-38(32)52/h3-11,22-23,32,45,47H,12-21H2,1-2H3,(H,44,51)(H,46,50,52). The van der Waals surface area contributed by atoms with Gasteiger partial charge >= 0.3 is 0 Å². The number of nitrogens with one attached hydrogen (secondary N) is 4. The van der Waals surface area contributed by atoms with Crippen LogP contribution in [0.25, 0.3) is 0 Å². The number of rotatable bonds is 20. The fourth-order valence-corrected chi connectivity index (χ4v) is 8.04. The van der Waals surface area contributed by atoms with Gasteiger partial charge in [-0.25, -0.2) is 12.8 Å². The van der Waals surface area contributed by atoms with Crippen molar-refractivity contribution in [1.29, 1.82) is 0 Å². The minimum atomic E-state index is -4.21. The summed E-state index contributed by atoms with van der Waals surface area (Å²) in [4.78, 5) is 76.1. The summed E-state index contributed by atoms with van der Waals surface area (Å²) in [6.45, 7) is 3.11. The van der Waals surface area contributed by atoms with E-state index in [-0.39, 0.29) is 116 Å². The number of pyridine rings is 1. The maximum atomic E-state index is 14.7. The summed E-state index contributed by atoms with van der Waals surface area (Å²) in [7, 11) is -2.78. The average Bonchev–Trinajstić information content (AvgIpc) is 3.49. The molecule has 18 nitrogen and oxygen atoms in total. The van der Waals surface area contributed by atoms with Crippen LogP contribution in [0.15, 0.2) is 76.4 Å². The maximum absolute atomic E-state index is 14.7. The monoisotopic (exact) mass is 988 g/mol. The Morgan fingerprint density at radius 2 is 1.55 bits per heavy atom. The number of aromatic nitrogens is 1. The lowest BCUT2D eigenvalue weighted by atomic mass is 10.0. The van der Waals surface area contributed by atoms with Gasteiger partial charge in [0, 0.05) is 34.7 Å². The van der Waals surface area contributed by atoms with Crippen molar-refractivity contribution in [2.75, 3.05) is 62.8 Å². The number of halogens is 2. The number of sulfonamides is 1. The zero-order valence-corrected chi connectivity index (χ0v) is 36.4. The van der Waals surface area contributed by atoms with Crippen LogP contribution in [0.5, 0.6) is 5.75 Å². The lowest BCUT2D eigenvalue weighted by Crippen LogP contribution is -2.54. The van der Waals surface area contributed by atoms with Crippen LogP contribution in [0.2, 0.25) is 0 Å². The number of piperidine rings is 1. The Labute approximate surface area is 368 Å². The van der Waals surface area contributed by atoms with Crippen LogP contribution in [-0.4, -0.2) is 106 Å². The molecule has 1 fully saturated rings. The summed E-state index contributed by atoms with van der Waals surface area (Å²) in [6.07, 6.45) is 0.0682.